The van der Waals surface area contributed by atoms with Crippen LogP contribution in [0.15, 0.2) is 53.5 Å². The van der Waals surface area contributed by atoms with E-state index in [0.717, 1.165) is 11.8 Å². The van der Waals surface area contributed by atoms with Crippen molar-refractivity contribution in [3.8, 4) is 5.75 Å². The lowest BCUT2D eigenvalue weighted by Gasteiger charge is -2.39. The maximum absolute atomic E-state index is 14.1. The van der Waals surface area contributed by atoms with Crippen molar-refractivity contribution < 1.29 is 37.7 Å². The van der Waals surface area contributed by atoms with Crippen LogP contribution in [0.2, 0.25) is 0 Å². The maximum Gasteiger partial charge on any atom is 0.274 e. The predicted octanol–water partition coefficient (Wildman–Crippen LogP) is 3.27. The molecule has 2 aromatic carbocycles. The van der Waals surface area contributed by atoms with E-state index >= 15 is 0 Å². The summed E-state index contributed by atoms with van der Waals surface area (Å²) in [5, 5.41) is 23.6. The number of hydrogen-bond donors (Lipinski definition) is 3. The molecule has 12 heteroatoms. The molecule has 0 radical (unpaired) electrons. The van der Waals surface area contributed by atoms with Crippen LogP contribution in [-0.4, -0.2) is 57.0 Å². The number of benzene rings is 2. The van der Waals surface area contributed by atoms with Crippen molar-refractivity contribution in [3.63, 3.8) is 0 Å². The number of fused-ring (bicyclic) bond motifs is 4. The normalized spacial score (nSPS) is 20.5. The first-order chi connectivity index (χ1) is 20.0. The Balaban J connectivity index is 1.42. The molecule has 1 aromatic heterocycles. The highest BCUT2D eigenvalue weighted by Crippen LogP contribution is 2.38. The second kappa shape index (κ2) is 12.0. The van der Waals surface area contributed by atoms with Gasteiger partial charge in [0.05, 0.1) is 12.6 Å². The molecule has 2 aliphatic heterocycles. The van der Waals surface area contributed by atoms with E-state index < -0.39 is 70.4 Å². The number of amides is 2. The van der Waals surface area contributed by atoms with Gasteiger partial charge in [-0.3, -0.25) is 14.4 Å². The number of carbonyl (C=O) groups is 2. The third-order valence-corrected chi connectivity index (χ3v) is 7.98. The summed E-state index contributed by atoms with van der Waals surface area (Å²) in [5.41, 5.74) is -1.65. The van der Waals surface area contributed by atoms with Gasteiger partial charge in [-0.25, -0.2) is 13.2 Å². The fourth-order valence-corrected chi connectivity index (χ4v) is 5.63. The predicted molar refractivity (Wildman–Crippen MR) is 144 cm³/mol. The van der Waals surface area contributed by atoms with Gasteiger partial charge in [-0.05, 0) is 25.3 Å². The number of aliphatic hydroxyl groups is 1. The Bertz CT molecular complexity index is 1540. The molecule has 3 N–H and O–H groups in total. The number of rotatable bonds is 8. The molecule has 0 spiro atoms. The van der Waals surface area contributed by atoms with Gasteiger partial charge in [-0.1, -0.05) is 30.3 Å². The summed E-state index contributed by atoms with van der Waals surface area (Å²) in [6.07, 6.45) is 1.53. The SMILES string of the molecule is CC1CCC(COC(O)Cc2ccccc2)C2CN1C(=O)c1c(O)c(=O)c(C(=O)NCc3c(F)cc(F)cc3F)cn12. The molecule has 2 aliphatic rings. The molecule has 42 heavy (non-hydrogen) atoms. The number of ether oxygens (including phenoxy) is 1. The Morgan fingerprint density at radius 3 is 2.50 bits per heavy atom. The van der Waals surface area contributed by atoms with Gasteiger partial charge < -0.3 is 29.7 Å². The average molecular weight is 586 g/mol. The van der Waals surface area contributed by atoms with Gasteiger partial charge in [0.15, 0.2) is 17.7 Å². The minimum atomic E-state index is -1.21. The summed E-state index contributed by atoms with van der Waals surface area (Å²) in [6.45, 7) is 1.49. The van der Waals surface area contributed by atoms with Crippen LogP contribution >= 0.6 is 0 Å². The van der Waals surface area contributed by atoms with Gasteiger partial charge in [0.25, 0.3) is 11.8 Å². The Morgan fingerprint density at radius 1 is 1.12 bits per heavy atom. The van der Waals surface area contributed by atoms with Gasteiger partial charge in [0.2, 0.25) is 5.43 Å². The van der Waals surface area contributed by atoms with E-state index in [2.05, 4.69) is 5.32 Å². The average Bonchev–Trinajstić information content (AvgIpc) is 3.09. The lowest BCUT2D eigenvalue weighted by Crippen LogP contribution is -2.48. The summed E-state index contributed by atoms with van der Waals surface area (Å²) < 4.78 is 48.6. The van der Waals surface area contributed by atoms with Crippen LogP contribution in [0.1, 0.15) is 57.8 Å². The van der Waals surface area contributed by atoms with Gasteiger partial charge >= 0.3 is 0 Å². The third-order valence-electron chi connectivity index (χ3n) is 7.98. The largest absolute Gasteiger partial charge is 0.503 e. The first kappa shape index (κ1) is 29.3. The van der Waals surface area contributed by atoms with E-state index in [1.54, 1.807) is 4.90 Å². The summed E-state index contributed by atoms with van der Waals surface area (Å²) in [6, 6.07) is 9.52. The van der Waals surface area contributed by atoms with Crippen molar-refractivity contribution in [1.29, 1.82) is 0 Å². The number of aromatic hydroxyl groups is 1. The molecule has 3 aromatic rings. The minimum absolute atomic E-state index is 0.102. The van der Waals surface area contributed by atoms with E-state index in [1.807, 2.05) is 37.3 Å². The first-order valence-electron chi connectivity index (χ1n) is 13.6. The Labute approximate surface area is 239 Å². The minimum Gasteiger partial charge on any atom is -0.503 e. The molecular formula is C30H30F3N3O6. The second-order valence-electron chi connectivity index (χ2n) is 10.7. The van der Waals surface area contributed by atoms with Gasteiger partial charge in [-0.2, -0.15) is 0 Å². The molecular weight excluding hydrogens is 555 g/mol. The molecule has 4 atom stereocenters. The van der Waals surface area contributed by atoms with E-state index in [0.29, 0.717) is 25.0 Å². The van der Waals surface area contributed by atoms with Crippen molar-refractivity contribution in [2.45, 2.75) is 51.1 Å². The number of halogens is 3. The second-order valence-corrected chi connectivity index (χ2v) is 10.7. The number of nitrogens with zero attached hydrogens (tertiary/aromatic N) is 2. The molecule has 2 amide bonds. The Morgan fingerprint density at radius 2 is 1.81 bits per heavy atom. The van der Waals surface area contributed by atoms with Crippen molar-refractivity contribution in [2.24, 2.45) is 5.92 Å². The summed E-state index contributed by atoms with van der Waals surface area (Å²) in [5.74, 6) is -6.35. The molecule has 2 bridgehead atoms. The maximum atomic E-state index is 14.1. The van der Waals surface area contributed by atoms with Crippen molar-refractivity contribution in [2.75, 3.05) is 13.2 Å². The monoisotopic (exact) mass is 585 g/mol. The lowest BCUT2D eigenvalue weighted by atomic mass is 9.94. The van der Waals surface area contributed by atoms with Gasteiger partial charge in [0.1, 0.15) is 23.0 Å². The van der Waals surface area contributed by atoms with Crippen molar-refractivity contribution >= 4 is 11.8 Å². The molecule has 1 saturated heterocycles. The lowest BCUT2D eigenvalue weighted by molar-refractivity contribution is -0.113. The highest BCUT2D eigenvalue weighted by molar-refractivity contribution is 5.99. The number of hydrogen-bond acceptors (Lipinski definition) is 6. The summed E-state index contributed by atoms with van der Waals surface area (Å²) in [4.78, 5) is 41.0. The molecule has 5 rings (SSSR count). The van der Waals surface area contributed by atoms with Crippen LogP contribution in [-0.2, 0) is 17.7 Å². The van der Waals surface area contributed by atoms with Crippen LogP contribution in [0.3, 0.4) is 0 Å². The zero-order chi connectivity index (χ0) is 30.1. The van der Waals surface area contributed by atoms with Crippen molar-refractivity contribution in [1.82, 2.24) is 14.8 Å². The van der Waals surface area contributed by atoms with Crippen LogP contribution in [0.4, 0.5) is 13.2 Å². The highest BCUT2D eigenvalue weighted by Gasteiger charge is 2.42. The van der Waals surface area contributed by atoms with Gasteiger partial charge in [0, 0.05) is 55.4 Å². The summed E-state index contributed by atoms with van der Waals surface area (Å²) >= 11 is 0. The third kappa shape index (κ3) is 5.77. The number of carbonyl (C=O) groups excluding carboxylic acids is 2. The van der Waals surface area contributed by atoms with E-state index in [1.165, 1.54) is 4.57 Å². The van der Waals surface area contributed by atoms with Crippen LogP contribution in [0, 0.1) is 23.4 Å². The fraction of sp³-hybridized carbons (Fsp3) is 0.367. The fourth-order valence-electron chi connectivity index (χ4n) is 5.63. The van der Waals surface area contributed by atoms with Gasteiger partial charge in [-0.15, -0.1) is 0 Å². The topological polar surface area (TPSA) is 121 Å². The Kier molecular flexibility index (Phi) is 8.37. The molecule has 3 heterocycles. The molecule has 0 saturated carbocycles. The van der Waals surface area contributed by atoms with Crippen LogP contribution in [0.5, 0.6) is 5.75 Å². The molecule has 4 unspecified atom stereocenters. The molecule has 9 nitrogen and oxygen atoms in total. The van der Waals surface area contributed by atoms with E-state index in [-0.39, 0.29) is 37.2 Å². The van der Waals surface area contributed by atoms with Crippen LogP contribution in [0.25, 0.3) is 0 Å². The number of aromatic nitrogens is 1. The van der Waals surface area contributed by atoms with Crippen LogP contribution < -0.4 is 10.7 Å². The first-order valence-corrected chi connectivity index (χ1v) is 13.6. The number of pyridine rings is 1. The Hall–Kier alpha value is -4.16. The molecule has 0 aliphatic carbocycles. The molecule has 1 fully saturated rings. The molecule has 222 valence electrons. The number of nitrogens with one attached hydrogen (secondary N) is 1. The quantitative estimate of drug-likeness (QED) is 0.349. The summed E-state index contributed by atoms with van der Waals surface area (Å²) in [7, 11) is 0. The number of aliphatic hydroxyl groups excluding tert-OH is 1. The van der Waals surface area contributed by atoms with Crippen molar-refractivity contribution in [3.05, 3.63) is 98.7 Å². The van der Waals surface area contributed by atoms with E-state index in [4.69, 9.17) is 4.74 Å². The standard InChI is InChI=1S/C30H30F3N3O6/c1-16-7-8-18(15-42-25(37)9-17-5-3-2-4-6-17)24-14-35(16)30(41)26-28(39)27(38)21(13-36(24)26)29(40)34-12-20-22(32)10-19(31)11-23(20)33/h2-6,10-11,13,16,18,24-25,37,39H,7-9,12,14-15H2,1H3,(H,34,40). The zero-order valence-electron chi connectivity index (χ0n) is 22.7. The highest BCUT2D eigenvalue weighted by atomic mass is 19.1. The smallest absolute Gasteiger partial charge is 0.274 e. The van der Waals surface area contributed by atoms with E-state index in [9.17, 15) is 37.8 Å². The zero-order valence-corrected chi connectivity index (χ0v) is 22.7.